The van der Waals surface area contributed by atoms with E-state index in [0.717, 1.165) is 71.3 Å². The van der Waals surface area contributed by atoms with Crippen molar-refractivity contribution >= 4 is 69.9 Å². The van der Waals surface area contributed by atoms with Crippen LogP contribution in [0.5, 0.6) is 0 Å². The van der Waals surface area contributed by atoms with Crippen molar-refractivity contribution in [3.05, 3.63) is 236 Å². The van der Waals surface area contributed by atoms with Crippen molar-refractivity contribution in [2.24, 2.45) is 22.2 Å². The maximum absolute atomic E-state index is 13.7. The lowest BCUT2D eigenvalue weighted by atomic mass is 9.78. The molecule has 8 N–H and O–H groups in total. The third kappa shape index (κ3) is 25.4. The van der Waals surface area contributed by atoms with Crippen LogP contribution in [0.3, 0.4) is 0 Å². The molecular formula is C103H126N16O18S2. The topological polar surface area (TPSA) is 461 Å². The zero-order valence-corrected chi connectivity index (χ0v) is 83.6. The average Bonchev–Trinajstić information content (AvgIpc) is 1.66. The number of carbonyl (C=O) groups is 8. The van der Waals surface area contributed by atoms with Crippen molar-refractivity contribution in [3.63, 3.8) is 0 Å². The van der Waals surface area contributed by atoms with Gasteiger partial charge in [-0.05, 0) is 111 Å². The van der Waals surface area contributed by atoms with Crippen LogP contribution in [-0.2, 0) is 58.0 Å². The predicted molar refractivity (Wildman–Crippen MR) is 519 cm³/mol. The summed E-state index contributed by atoms with van der Waals surface area (Å²) in [5, 5.41) is 68.9. The van der Waals surface area contributed by atoms with Crippen molar-refractivity contribution in [2.45, 2.75) is 255 Å². The Hall–Kier alpha value is -13.0. The van der Waals surface area contributed by atoms with Crippen LogP contribution in [0.1, 0.15) is 224 Å². The van der Waals surface area contributed by atoms with E-state index >= 15 is 0 Å². The molecule has 4 aromatic carbocycles. The first kappa shape index (κ1) is 103. The number of likely N-dealkylation sites (tertiary alicyclic amines) is 4. The van der Waals surface area contributed by atoms with E-state index in [1.54, 1.807) is 80.1 Å². The second-order valence-electron chi connectivity index (χ2n) is 39.9. The number of aromatic nitrogens is 8. The second kappa shape index (κ2) is 44.4. The van der Waals surface area contributed by atoms with Gasteiger partial charge in [-0.3, -0.25) is 43.3 Å². The van der Waals surface area contributed by atoms with E-state index in [0.29, 0.717) is 77.0 Å². The van der Waals surface area contributed by atoms with E-state index in [4.69, 9.17) is 26.9 Å². The number of benzene rings is 4. The van der Waals surface area contributed by atoms with Crippen molar-refractivity contribution < 1.29 is 85.7 Å². The highest BCUT2D eigenvalue weighted by Gasteiger charge is 2.51. The molecule has 4 aliphatic rings. The molecule has 12 heterocycles. The number of β-amino-alcohol motifs (C(OH)–C–C–N with tert-alkyl or cyclic N) is 4. The molecule has 738 valence electrons. The summed E-state index contributed by atoms with van der Waals surface area (Å²) in [6, 6.07) is 35.0. The van der Waals surface area contributed by atoms with E-state index in [-0.39, 0.29) is 111 Å². The van der Waals surface area contributed by atoms with Gasteiger partial charge in [0.1, 0.15) is 70.9 Å². The first-order valence-corrected chi connectivity index (χ1v) is 48.4. The molecule has 34 nitrogen and oxygen atoms in total. The first-order valence-electron chi connectivity index (χ1n) is 46.6. The Morgan fingerprint density at radius 2 is 0.734 bits per heavy atom. The molecule has 139 heavy (non-hydrogen) atoms. The summed E-state index contributed by atoms with van der Waals surface area (Å²) >= 11 is 3.17. The predicted octanol–water partition coefficient (Wildman–Crippen LogP) is 14.2. The monoisotopic (exact) mass is 1940 g/mol. The number of rotatable bonds is 25. The van der Waals surface area contributed by atoms with Gasteiger partial charge in [-0.1, -0.05) is 194 Å². The number of aliphatic hydroxyl groups excluding tert-OH is 4. The van der Waals surface area contributed by atoms with E-state index in [1.165, 1.54) is 32.4 Å². The molecule has 12 aromatic rings. The van der Waals surface area contributed by atoms with Crippen LogP contribution in [0.2, 0.25) is 0 Å². The number of aliphatic hydroxyl groups is 4. The number of carbonyl (C=O) groups excluding carboxylic acids is 8. The van der Waals surface area contributed by atoms with Crippen LogP contribution in [0.15, 0.2) is 178 Å². The Morgan fingerprint density at radius 1 is 0.403 bits per heavy atom. The van der Waals surface area contributed by atoms with Crippen LogP contribution < -0.4 is 21.3 Å². The highest BCUT2D eigenvalue weighted by atomic mass is 32.1. The zero-order chi connectivity index (χ0) is 100. The third-order valence-electron chi connectivity index (χ3n) is 25.2. The maximum Gasteiger partial charge on any atom is 0.243 e. The van der Waals surface area contributed by atoms with Gasteiger partial charge in [-0.25, -0.2) is 15.0 Å². The van der Waals surface area contributed by atoms with E-state index in [1.807, 2.05) is 213 Å². The molecule has 0 unspecified atom stereocenters. The van der Waals surface area contributed by atoms with Gasteiger partial charge in [0.15, 0.2) is 24.3 Å². The van der Waals surface area contributed by atoms with Crippen molar-refractivity contribution in [1.82, 2.24) is 81.4 Å². The zero-order valence-electron chi connectivity index (χ0n) is 82.0. The number of nitrogens with zero attached hydrogens (tertiary/aromatic N) is 12. The van der Waals surface area contributed by atoms with Crippen LogP contribution in [0.4, 0.5) is 0 Å². The lowest BCUT2D eigenvalue weighted by Crippen LogP contribution is -2.49. The molecule has 0 saturated carbocycles. The fourth-order valence-corrected chi connectivity index (χ4v) is 19.6. The maximum atomic E-state index is 13.7. The van der Waals surface area contributed by atoms with Crippen LogP contribution in [0.25, 0.3) is 43.5 Å². The van der Waals surface area contributed by atoms with E-state index in [2.05, 4.69) is 61.8 Å². The van der Waals surface area contributed by atoms with Gasteiger partial charge < -0.3 is 88.2 Å². The average molecular weight is 1940 g/mol. The molecule has 0 aliphatic carbocycles. The number of amides is 8. The summed E-state index contributed by atoms with van der Waals surface area (Å²) in [7, 11) is 0. The Bertz CT molecular complexity index is 6190. The third-order valence-corrected chi connectivity index (χ3v) is 27.0. The van der Waals surface area contributed by atoms with Crippen molar-refractivity contribution in [3.8, 4) is 43.5 Å². The van der Waals surface area contributed by atoms with Gasteiger partial charge in [-0.2, -0.15) is 0 Å². The molecule has 0 radical (unpaired) electrons. The Labute approximate surface area is 815 Å². The summed E-state index contributed by atoms with van der Waals surface area (Å²) in [6.45, 7) is 37.6. The van der Waals surface area contributed by atoms with Gasteiger partial charge in [0.05, 0.1) is 91.1 Å². The molecule has 16 rings (SSSR count). The van der Waals surface area contributed by atoms with Gasteiger partial charge in [0.2, 0.25) is 47.3 Å². The lowest BCUT2D eigenvalue weighted by Gasteiger charge is -2.33. The Morgan fingerprint density at radius 3 is 1.03 bits per heavy atom. The largest absolute Gasteiger partial charge is 0.443 e. The summed E-state index contributed by atoms with van der Waals surface area (Å²) in [6.07, 6.45) is 2.39. The van der Waals surface area contributed by atoms with Crippen molar-refractivity contribution in [2.75, 3.05) is 26.2 Å². The Balaban J connectivity index is 0.000000156. The normalized spacial score (nSPS) is 19.3. The summed E-state index contributed by atoms with van der Waals surface area (Å²) in [5.41, 5.74) is 15.3. The first-order chi connectivity index (χ1) is 65.9. The molecule has 8 aromatic heterocycles. The van der Waals surface area contributed by atoms with Crippen LogP contribution >= 0.6 is 22.7 Å². The van der Waals surface area contributed by atoms with Crippen LogP contribution in [-0.4, -0.2) is 203 Å². The molecule has 4 saturated heterocycles. The second-order valence-corrected chi connectivity index (χ2v) is 41.7. The van der Waals surface area contributed by atoms with Gasteiger partial charge in [-0.15, -0.1) is 22.7 Å². The minimum absolute atomic E-state index is 0.0622. The molecule has 0 bridgehead atoms. The highest BCUT2D eigenvalue weighted by molar-refractivity contribution is 7.13. The van der Waals surface area contributed by atoms with Crippen LogP contribution in [0, 0.1) is 70.6 Å². The molecule has 4 fully saturated rings. The SMILES string of the molecule is Cc1cc([C@H](C(=O)N2C[C@H](O)C[C@H]2C(=O)NCc2ccc(-c3cncs3)cc2)C(C)(C)C)on1.Cc1cc([C@H](C(=O)N2C[C@H](O)C[C@H]2C(=O)NCc2ccc(-c3ocnc3C)cc2)C(C)(C)C)on1.Cc1cc([C@H](C(=O)N2C[C@H](O)C[C@H]2C(=O)NCc2ccc(-c3ocnc3C)cc2)C(C)C)on1.Cc1cc([C@H](C(=O)N2C[C@H](O)C[C@H]2C(=O)N[C@@H](C)c2ccc(-c3scnc3C)cc2)C(C)(C)C)on1. The Kier molecular flexibility index (Phi) is 33.0. The van der Waals surface area contributed by atoms with Gasteiger partial charge in [0, 0.05) is 113 Å². The number of hydrogen-bond donors (Lipinski definition) is 8. The quantitative estimate of drug-likeness (QED) is 0.0263. The number of oxazole rings is 2. The summed E-state index contributed by atoms with van der Waals surface area (Å²) in [5.74, 6) is -1.35. The standard InChI is InChI=1S/C27H34N4O4S.C26H32N4O5.C25H30N4O5.C25H30N4O4S/c1-15-11-22(35-30-15)23(27(4,5)6)26(34)31-13-20(32)12-21(31)25(33)29-16(2)18-7-9-19(10-8-18)24-17(3)28-14-36-24;1-15-10-21(35-29-15)22(26(3,4)5)25(33)30-13-19(31)11-20(30)24(32)27-12-17-6-8-18(9-7-17)23-16(2)28-14-34-23;1-14(2)22(21-9-15(3)28-34-21)25(32)29-12-19(30)10-20(29)24(31)26-11-17-5-7-18(8-6-17)23-16(4)27-13-33-23;1-15-9-20(33-28-15)22(25(2,3)4)24(32)29-13-18(30)10-19(29)23(31)27-11-16-5-7-17(8-6-16)21-12-26-14-34-21/h7-11,14,16,20-21,23,32H,12-13H2,1-6H3,(H,29,33);6-10,14,19-20,22,31H,11-13H2,1-5H3,(H,27,32);5-9,13-14,19-20,22,30H,10-12H2,1-4H3,(H,26,31);5-9,12,14,18-19,22,30H,10-11,13H2,1-4H3,(H,27,31)/t16-,20+,21-,23+;2*19-,20+,22-;18-,19+,22-/m0111/s1. The smallest absolute Gasteiger partial charge is 0.243 e. The lowest BCUT2D eigenvalue weighted by molar-refractivity contribution is -0.142. The van der Waals surface area contributed by atoms with Gasteiger partial charge >= 0.3 is 0 Å². The molecular weight excluding hydrogens is 1810 g/mol. The van der Waals surface area contributed by atoms with Crippen molar-refractivity contribution in [1.29, 1.82) is 0 Å². The molecule has 36 heteroatoms. The fourth-order valence-electron chi connectivity index (χ4n) is 18.1. The van der Waals surface area contributed by atoms with E-state index in [9.17, 15) is 58.8 Å². The number of hydrogen-bond acceptors (Lipinski definition) is 28. The number of aryl methyl sites for hydroxylation is 7. The van der Waals surface area contributed by atoms with Gasteiger partial charge in [0.25, 0.3) is 0 Å². The van der Waals surface area contributed by atoms with E-state index < -0.39 is 88.5 Å². The highest BCUT2D eigenvalue weighted by Crippen LogP contribution is 2.44. The molecule has 13 atom stereocenters. The minimum Gasteiger partial charge on any atom is -0.443 e. The summed E-state index contributed by atoms with van der Waals surface area (Å²) < 4.78 is 32.5. The number of thiazole rings is 2. The fraction of sp³-hybridized carbons (Fsp3) is 0.456. The molecule has 0 spiro atoms. The molecule has 4 aliphatic heterocycles. The molecule has 8 amide bonds. The summed E-state index contributed by atoms with van der Waals surface area (Å²) in [4.78, 5) is 132. The number of nitrogens with one attached hydrogen (secondary N) is 4. The minimum atomic E-state index is -0.767.